The van der Waals surface area contributed by atoms with Crippen LogP contribution in [0.3, 0.4) is 0 Å². The fourth-order valence-corrected chi connectivity index (χ4v) is 2.91. The van der Waals surface area contributed by atoms with Crippen molar-refractivity contribution in [2.45, 2.75) is 40.2 Å². The summed E-state index contributed by atoms with van der Waals surface area (Å²) in [7, 11) is 1.44. The molecule has 1 heterocycles. The number of benzene rings is 1. The number of ether oxygens (including phenoxy) is 2. The molecule has 1 aliphatic rings. The van der Waals surface area contributed by atoms with E-state index in [2.05, 4.69) is 0 Å². The van der Waals surface area contributed by atoms with Gasteiger partial charge < -0.3 is 9.47 Å². The number of esters is 1. The van der Waals surface area contributed by atoms with Gasteiger partial charge in [-0.3, -0.25) is 9.59 Å². The third kappa shape index (κ3) is 4.29. The summed E-state index contributed by atoms with van der Waals surface area (Å²) in [5.41, 5.74) is -1.35. The maximum Gasteiger partial charge on any atom is 0.316 e. The van der Waals surface area contributed by atoms with Gasteiger partial charge in [-0.25, -0.2) is 9.90 Å². The predicted molar refractivity (Wildman–Crippen MR) is 103 cm³/mol. The van der Waals surface area contributed by atoms with Gasteiger partial charge in [-0.15, -0.1) is 0 Å². The molecule has 8 heteroatoms. The van der Waals surface area contributed by atoms with E-state index < -0.39 is 22.8 Å². The first kappa shape index (κ1) is 21.7. The van der Waals surface area contributed by atoms with E-state index in [4.69, 9.17) is 37.5 Å². The van der Waals surface area contributed by atoms with Crippen LogP contribution in [0, 0.1) is 5.41 Å². The number of carbonyl (C=O) groups excluding carboxylic acids is 2. The van der Waals surface area contributed by atoms with E-state index in [0.717, 1.165) is 5.06 Å². The summed E-state index contributed by atoms with van der Waals surface area (Å²) >= 11 is 12.4. The van der Waals surface area contributed by atoms with Gasteiger partial charge in [0, 0.05) is 22.7 Å². The number of hydrogen-bond donors (Lipinski definition) is 0. The Morgan fingerprint density at radius 2 is 1.85 bits per heavy atom. The molecule has 2 rings (SSSR count). The Kier molecular flexibility index (Phi) is 6.26. The lowest BCUT2D eigenvalue weighted by atomic mass is 9.95. The minimum absolute atomic E-state index is 0.126. The Bertz CT molecular complexity index is 796. The molecule has 6 nitrogen and oxygen atoms in total. The topological polar surface area (TPSA) is 65.1 Å². The highest BCUT2D eigenvalue weighted by molar-refractivity contribution is 6.37. The van der Waals surface area contributed by atoms with Crippen molar-refractivity contribution in [2.75, 3.05) is 13.9 Å². The fourth-order valence-electron chi connectivity index (χ4n) is 2.52. The van der Waals surface area contributed by atoms with Crippen molar-refractivity contribution in [3.8, 4) is 0 Å². The molecule has 1 aromatic rings. The number of nitrogens with zero attached hydrogens (tertiary/aromatic N) is 1. The minimum Gasteiger partial charge on any atom is -0.427 e. The van der Waals surface area contributed by atoms with Gasteiger partial charge in [0.1, 0.15) is 11.3 Å². The Labute approximate surface area is 168 Å². The number of halogens is 2. The third-order valence-corrected chi connectivity index (χ3v) is 4.56. The van der Waals surface area contributed by atoms with E-state index in [1.54, 1.807) is 52.8 Å². The summed E-state index contributed by atoms with van der Waals surface area (Å²) in [6.07, 6.45) is 0. The number of amides is 1. The van der Waals surface area contributed by atoms with Crippen molar-refractivity contribution in [3.05, 3.63) is 39.6 Å². The van der Waals surface area contributed by atoms with E-state index >= 15 is 0 Å². The molecule has 0 bridgehead atoms. The lowest BCUT2D eigenvalue weighted by molar-refractivity contribution is -0.239. The molecular formula is C19H23Cl2NO5. The second-order valence-corrected chi connectivity index (χ2v) is 8.51. The molecule has 148 valence electrons. The Morgan fingerprint density at radius 1 is 1.22 bits per heavy atom. The van der Waals surface area contributed by atoms with Gasteiger partial charge in [0.2, 0.25) is 0 Å². The van der Waals surface area contributed by atoms with Crippen molar-refractivity contribution < 1.29 is 23.9 Å². The van der Waals surface area contributed by atoms with Gasteiger partial charge in [-0.1, -0.05) is 23.2 Å². The van der Waals surface area contributed by atoms with E-state index in [0.29, 0.717) is 15.6 Å². The van der Waals surface area contributed by atoms with E-state index in [9.17, 15) is 9.59 Å². The maximum absolute atomic E-state index is 13.1. The van der Waals surface area contributed by atoms with Crippen LogP contribution in [0.1, 0.15) is 40.2 Å². The summed E-state index contributed by atoms with van der Waals surface area (Å²) in [5.74, 6) is -0.840. The van der Waals surface area contributed by atoms with Gasteiger partial charge in [0.05, 0.1) is 11.0 Å². The van der Waals surface area contributed by atoms with Crippen LogP contribution in [-0.4, -0.2) is 36.4 Å². The zero-order chi connectivity index (χ0) is 20.6. The summed E-state index contributed by atoms with van der Waals surface area (Å²) < 4.78 is 10.6. The summed E-state index contributed by atoms with van der Waals surface area (Å²) in [6, 6.07) is 4.74. The average Bonchev–Trinajstić information content (AvgIpc) is 2.73. The van der Waals surface area contributed by atoms with Gasteiger partial charge in [0.25, 0.3) is 5.91 Å². The summed E-state index contributed by atoms with van der Waals surface area (Å²) in [6.45, 7) is 8.45. The minimum atomic E-state index is -1.07. The van der Waals surface area contributed by atoms with Crippen LogP contribution in [-0.2, 0) is 23.9 Å². The quantitative estimate of drug-likeness (QED) is 0.524. The number of hydroxylamine groups is 2. The smallest absolute Gasteiger partial charge is 0.316 e. The van der Waals surface area contributed by atoms with Gasteiger partial charge in [-0.2, -0.15) is 0 Å². The predicted octanol–water partition coefficient (Wildman–Crippen LogP) is 4.45. The summed E-state index contributed by atoms with van der Waals surface area (Å²) in [4.78, 5) is 31.1. The number of carbonyl (C=O) groups is 2. The third-order valence-electron chi connectivity index (χ3n) is 3.99. The molecule has 0 N–H and O–H groups in total. The van der Waals surface area contributed by atoms with Crippen LogP contribution in [0.4, 0.5) is 0 Å². The van der Waals surface area contributed by atoms with Crippen molar-refractivity contribution in [1.82, 2.24) is 5.06 Å². The zero-order valence-electron chi connectivity index (χ0n) is 16.2. The van der Waals surface area contributed by atoms with Crippen LogP contribution >= 0.6 is 23.2 Å². The zero-order valence-corrected chi connectivity index (χ0v) is 17.7. The van der Waals surface area contributed by atoms with Crippen molar-refractivity contribution >= 4 is 40.7 Å². The van der Waals surface area contributed by atoms with Crippen molar-refractivity contribution in [1.29, 1.82) is 0 Å². The molecule has 0 fully saturated rings. The standard InChI is InChI=1S/C19H23Cl2NO5/c1-18(2,3)17(24)27-15-14(12-9-11(20)7-8-13(12)21)16(23)22(19(15,4)5)26-10-25-6/h7-9H,10H2,1-6H3. The Hall–Kier alpha value is -1.60. The average molecular weight is 416 g/mol. The molecule has 0 aromatic heterocycles. The molecule has 0 saturated carbocycles. The van der Waals surface area contributed by atoms with Crippen LogP contribution < -0.4 is 0 Å². The number of rotatable bonds is 5. The number of methoxy groups -OCH3 is 1. The molecular weight excluding hydrogens is 393 g/mol. The first-order valence-corrected chi connectivity index (χ1v) is 9.05. The molecule has 0 aliphatic carbocycles. The normalized spacial score (nSPS) is 16.9. The highest BCUT2D eigenvalue weighted by Gasteiger charge is 2.50. The molecule has 1 aliphatic heterocycles. The second-order valence-electron chi connectivity index (χ2n) is 7.66. The molecule has 1 amide bonds. The fraction of sp³-hybridized carbons (Fsp3) is 0.474. The highest BCUT2D eigenvalue weighted by atomic mass is 35.5. The molecule has 0 unspecified atom stereocenters. The van der Waals surface area contributed by atoms with E-state index in [-0.39, 0.29) is 18.1 Å². The molecule has 0 atom stereocenters. The molecule has 1 aromatic carbocycles. The van der Waals surface area contributed by atoms with E-state index in [1.807, 2.05) is 0 Å². The first-order chi connectivity index (χ1) is 12.4. The van der Waals surface area contributed by atoms with Crippen LogP contribution in [0.15, 0.2) is 24.0 Å². The lowest BCUT2D eigenvalue weighted by Crippen LogP contribution is -2.45. The van der Waals surface area contributed by atoms with Crippen molar-refractivity contribution in [3.63, 3.8) is 0 Å². The highest BCUT2D eigenvalue weighted by Crippen LogP contribution is 2.44. The molecule has 0 spiro atoms. The molecule has 0 radical (unpaired) electrons. The van der Waals surface area contributed by atoms with Crippen LogP contribution in [0.5, 0.6) is 0 Å². The van der Waals surface area contributed by atoms with Crippen molar-refractivity contribution in [2.24, 2.45) is 5.41 Å². The lowest BCUT2D eigenvalue weighted by Gasteiger charge is -2.32. The molecule has 0 saturated heterocycles. The Morgan fingerprint density at radius 3 is 2.41 bits per heavy atom. The SMILES string of the molecule is COCON1C(=O)C(c2cc(Cl)ccc2Cl)=C(OC(=O)C(C)(C)C)C1(C)C. The van der Waals surface area contributed by atoms with E-state index in [1.165, 1.54) is 7.11 Å². The van der Waals surface area contributed by atoms with Gasteiger partial charge >= 0.3 is 5.97 Å². The maximum atomic E-state index is 13.1. The first-order valence-electron chi connectivity index (χ1n) is 8.30. The van der Waals surface area contributed by atoms with Crippen LogP contribution in [0.2, 0.25) is 10.0 Å². The summed E-state index contributed by atoms with van der Waals surface area (Å²) in [5, 5.41) is 1.82. The van der Waals surface area contributed by atoms with Gasteiger partial charge in [0.15, 0.2) is 6.79 Å². The molecule has 27 heavy (non-hydrogen) atoms. The second kappa shape index (κ2) is 7.80. The van der Waals surface area contributed by atoms with Gasteiger partial charge in [-0.05, 0) is 52.8 Å². The largest absolute Gasteiger partial charge is 0.427 e. The Balaban J connectivity index is 2.65. The van der Waals surface area contributed by atoms with Crippen LogP contribution in [0.25, 0.3) is 5.57 Å². The number of hydrogen-bond acceptors (Lipinski definition) is 5. The monoisotopic (exact) mass is 415 g/mol.